The van der Waals surface area contributed by atoms with Crippen molar-refractivity contribution in [3.63, 3.8) is 0 Å². The van der Waals surface area contributed by atoms with Gasteiger partial charge in [0.25, 0.3) is 5.91 Å². The lowest BCUT2D eigenvalue weighted by Crippen LogP contribution is -2.30. The molecule has 1 heterocycles. The fourth-order valence-corrected chi connectivity index (χ4v) is 3.13. The summed E-state index contributed by atoms with van der Waals surface area (Å²) in [5.74, 6) is -0.0935. The minimum Gasteiger partial charge on any atom is -0.494 e. The fourth-order valence-electron chi connectivity index (χ4n) is 2.24. The molecular weight excluding hydrogens is 364 g/mol. The topological polar surface area (TPSA) is 77.5 Å². The highest BCUT2D eigenvalue weighted by atomic mass is 32.1. The molecule has 0 aliphatic rings. The maximum absolute atomic E-state index is 12.1. The highest BCUT2D eigenvalue weighted by Gasteiger charge is 2.10. The standard InChI is InChI=1S/C20H26N2O4S/c1-3-5-11-25-17-9-7-15(8-10-17)20(24)21-12-19(23)26-13-16-14-27-18(22-16)6-4-2/h7-10,14H,3-6,11-13H2,1-2H3,(H,21,24). The van der Waals surface area contributed by atoms with Gasteiger partial charge in [-0.3, -0.25) is 9.59 Å². The van der Waals surface area contributed by atoms with Crippen LogP contribution >= 0.6 is 11.3 Å². The first-order chi connectivity index (χ1) is 13.1. The van der Waals surface area contributed by atoms with Crippen LogP contribution in [0, 0.1) is 0 Å². The number of aryl methyl sites for hydroxylation is 1. The molecule has 0 radical (unpaired) electrons. The zero-order valence-corrected chi connectivity index (χ0v) is 16.6. The molecule has 0 saturated carbocycles. The van der Waals surface area contributed by atoms with Crippen molar-refractivity contribution in [2.45, 2.75) is 46.1 Å². The largest absolute Gasteiger partial charge is 0.494 e. The monoisotopic (exact) mass is 390 g/mol. The Labute approximate surface area is 163 Å². The molecule has 0 unspecified atom stereocenters. The molecule has 146 valence electrons. The fraction of sp³-hybridized carbons (Fsp3) is 0.450. The highest BCUT2D eigenvalue weighted by molar-refractivity contribution is 7.09. The lowest BCUT2D eigenvalue weighted by atomic mass is 10.2. The van der Waals surface area contributed by atoms with Crippen molar-refractivity contribution in [1.82, 2.24) is 10.3 Å². The van der Waals surface area contributed by atoms with Crippen LogP contribution in [-0.2, 0) is 22.6 Å². The Morgan fingerprint density at radius 1 is 1.15 bits per heavy atom. The zero-order chi connectivity index (χ0) is 19.5. The van der Waals surface area contributed by atoms with Gasteiger partial charge in [0.05, 0.1) is 17.3 Å². The summed E-state index contributed by atoms with van der Waals surface area (Å²) in [5.41, 5.74) is 1.20. The summed E-state index contributed by atoms with van der Waals surface area (Å²) in [6, 6.07) is 6.84. The van der Waals surface area contributed by atoms with Crippen molar-refractivity contribution in [3.8, 4) is 5.75 Å². The summed E-state index contributed by atoms with van der Waals surface area (Å²) < 4.78 is 10.7. The Balaban J connectivity index is 1.71. The molecule has 0 fully saturated rings. The first-order valence-corrected chi connectivity index (χ1v) is 10.1. The van der Waals surface area contributed by atoms with Crippen molar-refractivity contribution in [3.05, 3.63) is 45.9 Å². The van der Waals surface area contributed by atoms with Crippen LogP contribution in [0.25, 0.3) is 0 Å². The van der Waals surface area contributed by atoms with E-state index in [1.807, 2.05) is 5.38 Å². The molecule has 1 aromatic carbocycles. The quantitative estimate of drug-likeness (QED) is 0.467. The van der Waals surface area contributed by atoms with Crippen LogP contribution in [0.5, 0.6) is 5.75 Å². The van der Waals surface area contributed by atoms with E-state index in [1.54, 1.807) is 35.6 Å². The van der Waals surface area contributed by atoms with Crippen LogP contribution in [0.1, 0.15) is 54.2 Å². The van der Waals surface area contributed by atoms with Gasteiger partial charge in [-0.1, -0.05) is 20.3 Å². The summed E-state index contributed by atoms with van der Waals surface area (Å²) in [5, 5.41) is 5.49. The number of rotatable bonds is 11. The van der Waals surface area contributed by atoms with Crippen molar-refractivity contribution in [1.29, 1.82) is 0 Å². The van der Waals surface area contributed by atoms with Gasteiger partial charge in [0.15, 0.2) is 0 Å². The molecule has 0 aliphatic heterocycles. The smallest absolute Gasteiger partial charge is 0.325 e. The molecule has 0 spiro atoms. The van der Waals surface area contributed by atoms with Gasteiger partial charge in [-0.25, -0.2) is 4.98 Å². The molecule has 7 heteroatoms. The molecule has 1 aromatic heterocycles. The van der Waals surface area contributed by atoms with Gasteiger partial charge < -0.3 is 14.8 Å². The van der Waals surface area contributed by atoms with Gasteiger partial charge in [0, 0.05) is 10.9 Å². The van der Waals surface area contributed by atoms with E-state index in [9.17, 15) is 9.59 Å². The number of hydrogen-bond acceptors (Lipinski definition) is 6. The number of carbonyl (C=O) groups excluding carboxylic acids is 2. The van der Waals surface area contributed by atoms with E-state index in [-0.39, 0.29) is 19.1 Å². The van der Waals surface area contributed by atoms with Crippen LogP contribution in [0.3, 0.4) is 0 Å². The number of esters is 1. The van der Waals surface area contributed by atoms with Gasteiger partial charge in [0.1, 0.15) is 18.9 Å². The van der Waals surface area contributed by atoms with Crippen molar-refractivity contribution in [2.75, 3.05) is 13.2 Å². The second-order valence-corrected chi connectivity index (χ2v) is 6.99. The molecule has 0 saturated heterocycles. The number of aromatic nitrogens is 1. The summed E-state index contributed by atoms with van der Waals surface area (Å²) in [6.07, 6.45) is 4.02. The number of unbranched alkanes of at least 4 members (excludes halogenated alkanes) is 1. The van der Waals surface area contributed by atoms with Crippen LogP contribution in [0.15, 0.2) is 29.6 Å². The maximum Gasteiger partial charge on any atom is 0.325 e. The number of amides is 1. The van der Waals surface area contributed by atoms with E-state index < -0.39 is 5.97 Å². The second-order valence-electron chi connectivity index (χ2n) is 6.05. The average molecular weight is 391 g/mol. The molecular formula is C20H26N2O4S. The first kappa shape index (κ1) is 20.9. The Kier molecular flexibility index (Phi) is 8.77. The molecule has 0 atom stereocenters. The molecule has 0 bridgehead atoms. The summed E-state index contributed by atoms with van der Waals surface area (Å²) in [7, 11) is 0. The number of hydrogen-bond donors (Lipinski definition) is 1. The molecule has 27 heavy (non-hydrogen) atoms. The van der Waals surface area contributed by atoms with Crippen LogP contribution in [0.2, 0.25) is 0 Å². The summed E-state index contributed by atoms with van der Waals surface area (Å²) in [4.78, 5) is 28.3. The van der Waals surface area contributed by atoms with E-state index in [2.05, 4.69) is 24.1 Å². The molecule has 6 nitrogen and oxygen atoms in total. The Morgan fingerprint density at radius 2 is 1.93 bits per heavy atom. The highest BCUT2D eigenvalue weighted by Crippen LogP contribution is 2.13. The third-order valence-electron chi connectivity index (χ3n) is 3.72. The van der Waals surface area contributed by atoms with Crippen LogP contribution < -0.4 is 10.1 Å². The normalized spacial score (nSPS) is 10.4. The Bertz CT molecular complexity index is 728. The number of benzene rings is 1. The van der Waals surface area contributed by atoms with Crippen molar-refractivity contribution < 1.29 is 19.1 Å². The molecule has 1 amide bonds. The molecule has 1 N–H and O–H groups in total. The number of nitrogens with one attached hydrogen (secondary N) is 1. The Hall–Kier alpha value is -2.41. The average Bonchev–Trinajstić information content (AvgIpc) is 3.13. The molecule has 2 rings (SSSR count). The predicted molar refractivity (Wildman–Crippen MR) is 105 cm³/mol. The van der Waals surface area contributed by atoms with Gasteiger partial charge >= 0.3 is 5.97 Å². The number of carbonyl (C=O) groups is 2. The number of ether oxygens (including phenoxy) is 2. The minimum atomic E-state index is -0.493. The molecule has 0 aliphatic carbocycles. The predicted octanol–water partition coefficient (Wildman–Crippen LogP) is 3.75. The van der Waals surface area contributed by atoms with Gasteiger partial charge in [-0.2, -0.15) is 0 Å². The van der Waals surface area contributed by atoms with E-state index in [0.717, 1.165) is 42.1 Å². The number of thiazole rings is 1. The zero-order valence-electron chi connectivity index (χ0n) is 15.8. The third-order valence-corrected chi connectivity index (χ3v) is 4.68. The van der Waals surface area contributed by atoms with Crippen LogP contribution in [0.4, 0.5) is 0 Å². The van der Waals surface area contributed by atoms with Gasteiger partial charge in [-0.15, -0.1) is 11.3 Å². The van der Waals surface area contributed by atoms with Crippen molar-refractivity contribution in [2.24, 2.45) is 0 Å². The lowest BCUT2D eigenvalue weighted by Gasteiger charge is -2.07. The summed E-state index contributed by atoms with van der Waals surface area (Å²) >= 11 is 1.57. The first-order valence-electron chi connectivity index (χ1n) is 9.22. The van der Waals surface area contributed by atoms with Gasteiger partial charge in [0.2, 0.25) is 0 Å². The van der Waals surface area contributed by atoms with E-state index in [0.29, 0.717) is 12.2 Å². The molecule has 2 aromatic rings. The van der Waals surface area contributed by atoms with Crippen LogP contribution in [-0.4, -0.2) is 30.0 Å². The van der Waals surface area contributed by atoms with E-state index in [1.165, 1.54) is 0 Å². The van der Waals surface area contributed by atoms with Crippen molar-refractivity contribution >= 4 is 23.2 Å². The minimum absolute atomic E-state index is 0.124. The Morgan fingerprint density at radius 3 is 2.63 bits per heavy atom. The SMILES string of the molecule is CCCCOc1ccc(C(=O)NCC(=O)OCc2csc(CCC)n2)cc1. The second kappa shape index (κ2) is 11.3. The summed E-state index contributed by atoms with van der Waals surface area (Å²) in [6.45, 7) is 4.80. The third kappa shape index (κ3) is 7.38. The van der Waals surface area contributed by atoms with E-state index >= 15 is 0 Å². The number of nitrogens with zero attached hydrogens (tertiary/aromatic N) is 1. The lowest BCUT2D eigenvalue weighted by molar-refractivity contribution is -0.143. The van der Waals surface area contributed by atoms with Gasteiger partial charge in [-0.05, 0) is 43.5 Å². The van der Waals surface area contributed by atoms with E-state index in [4.69, 9.17) is 9.47 Å². The maximum atomic E-state index is 12.1.